The van der Waals surface area contributed by atoms with Gasteiger partial charge in [0.1, 0.15) is 17.2 Å². The molecule has 6 rings (SSSR count). The number of carbonyl (C=O) groups excluding carboxylic acids is 3. The van der Waals surface area contributed by atoms with Gasteiger partial charge in [0.25, 0.3) is 5.91 Å². The van der Waals surface area contributed by atoms with Gasteiger partial charge in [0.2, 0.25) is 11.8 Å². The fraction of sp³-hybridized carbons (Fsp3) is 0.400. The number of carbonyl (C=O) groups is 3. The van der Waals surface area contributed by atoms with Gasteiger partial charge < -0.3 is 34.9 Å². The Morgan fingerprint density at radius 2 is 2.02 bits per heavy atom. The number of nitrogens with zero attached hydrogens (tertiary/aromatic N) is 1. The van der Waals surface area contributed by atoms with Crippen molar-refractivity contribution in [1.82, 2.24) is 15.6 Å². The van der Waals surface area contributed by atoms with Crippen LogP contribution in [0.3, 0.4) is 0 Å². The molecule has 2 amide bonds. The summed E-state index contributed by atoms with van der Waals surface area (Å²) in [4.78, 5) is 44.2. The van der Waals surface area contributed by atoms with Crippen LogP contribution in [0.25, 0.3) is 0 Å². The van der Waals surface area contributed by atoms with Gasteiger partial charge in [-0.15, -0.1) is 0 Å². The molecular weight excluding hydrogens is 608 g/mol. The fourth-order valence-electron chi connectivity index (χ4n) is 6.08. The second kappa shape index (κ2) is 10.4. The largest absolute Gasteiger partial charge is 0.469 e. The molecule has 1 unspecified atom stereocenters. The molecule has 0 saturated carbocycles. The Morgan fingerprint density at radius 3 is 2.74 bits per heavy atom. The molecule has 4 N–H and O–H groups in total. The van der Waals surface area contributed by atoms with Gasteiger partial charge in [0.15, 0.2) is 23.7 Å². The first kappa shape index (κ1) is 28.2. The van der Waals surface area contributed by atoms with Crippen LogP contribution in [-0.2, 0) is 26.2 Å². The minimum Gasteiger partial charge on any atom is -0.469 e. The van der Waals surface area contributed by atoms with Gasteiger partial charge in [-0.25, -0.2) is 9.78 Å². The van der Waals surface area contributed by atoms with Crippen molar-refractivity contribution in [2.45, 2.75) is 50.9 Å². The highest BCUT2D eigenvalue weighted by Crippen LogP contribution is 2.59. The van der Waals surface area contributed by atoms with E-state index in [1.165, 1.54) is 7.11 Å². The third-order valence-electron chi connectivity index (χ3n) is 8.23. The number of methoxy groups -OCH3 is 1. The van der Waals surface area contributed by atoms with Crippen molar-refractivity contribution >= 4 is 39.4 Å². The van der Waals surface area contributed by atoms with Gasteiger partial charge in [-0.1, -0.05) is 45.0 Å². The van der Waals surface area contributed by atoms with E-state index in [0.717, 1.165) is 26.9 Å². The highest BCUT2D eigenvalue weighted by molar-refractivity contribution is 9.10. The van der Waals surface area contributed by atoms with Gasteiger partial charge in [-0.05, 0) is 46.0 Å². The molecule has 11 nitrogen and oxygen atoms in total. The van der Waals surface area contributed by atoms with Crippen LogP contribution in [-0.4, -0.2) is 53.9 Å². The Balaban J connectivity index is 1.65. The zero-order valence-corrected chi connectivity index (χ0v) is 25.1. The van der Waals surface area contributed by atoms with Crippen LogP contribution >= 0.6 is 15.9 Å². The molecule has 4 heterocycles. The third-order valence-corrected chi connectivity index (χ3v) is 8.89. The molecule has 3 aromatic rings. The number of para-hydroxylation sites is 1. The van der Waals surface area contributed by atoms with E-state index < -0.39 is 42.2 Å². The van der Waals surface area contributed by atoms with Crippen LogP contribution in [0.4, 0.5) is 5.69 Å². The molecule has 42 heavy (non-hydrogen) atoms. The van der Waals surface area contributed by atoms with E-state index in [1.54, 1.807) is 0 Å². The quantitative estimate of drug-likeness (QED) is 0.309. The summed E-state index contributed by atoms with van der Waals surface area (Å²) >= 11 is 3.65. The van der Waals surface area contributed by atoms with Crippen molar-refractivity contribution in [3.8, 4) is 5.75 Å². The number of rotatable bonds is 5. The minimum atomic E-state index is -1.32. The van der Waals surface area contributed by atoms with E-state index in [0.29, 0.717) is 12.2 Å². The molecule has 0 fully saturated rings. The van der Waals surface area contributed by atoms with Gasteiger partial charge in [-0.3, -0.25) is 9.59 Å². The summed E-state index contributed by atoms with van der Waals surface area (Å²) in [5, 5.41) is 18.9. The van der Waals surface area contributed by atoms with Crippen LogP contribution in [0, 0.1) is 11.8 Å². The molecule has 12 heteroatoms. The number of amides is 2. The lowest BCUT2D eigenvalue weighted by Gasteiger charge is -2.28. The number of hydrogen-bond donors (Lipinski definition) is 4. The first-order chi connectivity index (χ1) is 20.1. The molecule has 0 saturated heterocycles. The number of fused-ring (bicyclic) bond motifs is 4. The van der Waals surface area contributed by atoms with Crippen LogP contribution in [0.5, 0.6) is 5.75 Å². The monoisotopic (exact) mass is 638 g/mol. The zero-order chi connectivity index (χ0) is 29.9. The molecule has 0 radical (unpaired) electrons. The molecule has 1 aromatic heterocycles. The van der Waals surface area contributed by atoms with Gasteiger partial charge in [0, 0.05) is 21.5 Å². The minimum absolute atomic E-state index is 0.0963. The molecule has 3 aliphatic rings. The van der Waals surface area contributed by atoms with Crippen molar-refractivity contribution in [2.24, 2.45) is 11.8 Å². The Labute approximate surface area is 250 Å². The SMILES string of the molecule is COC(=O)[C@H](CO)NC(=O)c1nc2oc1C13c4cc(ccc4O[C@@H]1Nc1c(Br)cccc13)C[C@H](C)C(=O)N[C@H]2C(C)C. The highest BCUT2D eigenvalue weighted by atomic mass is 79.9. The summed E-state index contributed by atoms with van der Waals surface area (Å²) in [6, 6.07) is 9.57. The molecular formula is C30H31BrN4O7. The van der Waals surface area contributed by atoms with E-state index in [1.807, 2.05) is 57.2 Å². The standard InChI is InChI=1S/C30H31BrN4O7/c1-13(2)21-27-34-23(26(38)32-19(12-36)28(39)40-4)24(42-27)30-16-6-5-7-18(31)22(16)35-29(30)41-20-9-8-15(11-17(20)30)10-14(3)25(37)33-21/h5-9,11,13-14,19,21,29,35-36H,10,12H2,1-4H3,(H,32,38)(H,33,37)/t14-,19-,21-,29-,30?/m0/s1. The van der Waals surface area contributed by atoms with Crippen molar-refractivity contribution in [3.63, 3.8) is 0 Å². The van der Waals surface area contributed by atoms with Gasteiger partial charge in [-0.2, -0.15) is 0 Å². The molecule has 4 bridgehead atoms. The first-order valence-electron chi connectivity index (χ1n) is 13.8. The predicted molar refractivity (Wildman–Crippen MR) is 154 cm³/mol. The topological polar surface area (TPSA) is 152 Å². The Morgan fingerprint density at radius 1 is 1.24 bits per heavy atom. The smallest absolute Gasteiger partial charge is 0.330 e. The van der Waals surface area contributed by atoms with Crippen molar-refractivity contribution in [1.29, 1.82) is 0 Å². The second-order valence-corrected chi connectivity index (χ2v) is 12.1. The molecule has 0 aliphatic carbocycles. The fourth-order valence-corrected chi connectivity index (χ4v) is 6.56. The number of halogens is 1. The highest BCUT2D eigenvalue weighted by Gasteiger charge is 2.61. The number of aliphatic hydroxyl groups is 1. The Kier molecular flexibility index (Phi) is 7.01. The average Bonchev–Trinajstić information content (AvgIpc) is 3.63. The summed E-state index contributed by atoms with van der Waals surface area (Å²) in [5.74, 6) is -1.30. The van der Waals surface area contributed by atoms with Gasteiger partial charge in [0.05, 0.1) is 19.4 Å². The number of benzene rings is 2. The van der Waals surface area contributed by atoms with E-state index in [-0.39, 0.29) is 35.1 Å². The van der Waals surface area contributed by atoms with Crippen LogP contribution in [0.15, 0.2) is 45.3 Å². The summed E-state index contributed by atoms with van der Waals surface area (Å²) in [5.41, 5.74) is 2.00. The van der Waals surface area contributed by atoms with E-state index in [9.17, 15) is 19.5 Å². The molecule has 220 valence electrons. The number of oxazole rings is 1. The van der Waals surface area contributed by atoms with Crippen LogP contribution < -0.4 is 20.7 Å². The normalized spacial score (nSPS) is 24.3. The second-order valence-electron chi connectivity index (χ2n) is 11.2. The average molecular weight is 640 g/mol. The molecule has 5 atom stereocenters. The number of hydrogen-bond acceptors (Lipinski definition) is 9. The number of aromatic nitrogens is 1. The first-order valence-corrected chi connectivity index (χ1v) is 14.6. The summed E-state index contributed by atoms with van der Waals surface area (Å²) in [6.07, 6.45) is -0.217. The zero-order valence-electron chi connectivity index (χ0n) is 23.5. The van der Waals surface area contributed by atoms with Crippen molar-refractivity contribution in [2.75, 3.05) is 19.0 Å². The number of ether oxygens (including phenoxy) is 2. The third kappa shape index (κ3) is 4.18. The number of nitrogens with one attached hydrogen (secondary N) is 3. The number of esters is 1. The lowest BCUT2D eigenvalue weighted by atomic mass is 9.72. The predicted octanol–water partition coefficient (Wildman–Crippen LogP) is 3.18. The Hall–Kier alpha value is -3.90. The summed E-state index contributed by atoms with van der Waals surface area (Å²) < 4.78 is 18.6. The summed E-state index contributed by atoms with van der Waals surface area (Å²) in [7, 11) is 1.17. The van der Waals surface area contributed by atoms with Crippen molar-refractivity contribution < 1.29 is 33.4 Å². The van der Waals surface area contributed by atoms with Gasteiger partial charge >= 0.3 is 5.97 Å². The van der Waals surface area contributed by atoms with E-state index in [4.69, 9.17) is 13.9 Å². The maximum absolute atomic E-state index is 13.9. The summed E-state index contributed by atoms with van der Waals surface area (Å²) in [6.45, 7) is 5.04. The lowest BCUT2D eigenvalue weighted by Crippen LogP contribution is -2.46. The van der Waals surface area contributed by atoms with Crippen molar-refractivity contribution in [3.05, 3.63) is 74.9 Å². The molecule has 2 aromatic carbocycles. The lowest BCUT2D eigenvalue weighted by molar-refractivity contribution is -0.143. The van der Waals surface area contributed by atoms with E-state index >= 15 is 0 Å². The van der Waals surface area contributed by atoms with E-state index in [2.05, 4.69) is 36.9 Å². The Bertz CT molecular complexity index is 1600. The maximum atomic E-state index is 13.9. The molecule has 1 spiro atoms. The maximum Gasteiger partial charge on any atom is 0.330 e. The van der Waals surface area contributed by atoms with Crippen LogP contribution in [0.1, 0.15) is 65.6 Å². The number of aliphatic hydroxyl groups excluding tert-OH is 1. The number of anilines is 1. The van der Waals surface area contributed by atoms with Crippen LogP contribution in [0.2, 0.25) is 0 Å². The molecule has 3 aliphatic heterocycles.